The first-order valence-corrected chi connectivity index (χ1v) is 4.87. The lowest BCUT2D eigenvalue weighted by molar-refractivity contribution is 0.707. The number of nitrogens with zero attached hydrogens (tertiary/aromatic N) is 1. The SMILES string of the molecule is C=CC(=NC1CCCC1)C(C)=CN. The van der Waals surface area contributed by atoms with Crippen LogP contribution >= 0.6 is 0 Å². The van der Waals surface area contributed by atoms with E-state index in [1.807, 2.05) is 6.92 Å². The van der Waals surface area contributed by atoms with Crippen LogP contribution in [-0.4, -0.2) is 11.8 Å². The summed E-state index contributed by atoms with van der Waals surface area (Å²) < 4.78 is 0. The van der Waals surface area contributed by atoms with Gasteiger partial charge in [0.25, 0.3) is 0 Å². The highest BCUT2D eigenvalue weighted by Crippen LogP contribution is 2.21. The van der Waals surface area contributed by atoms with Crippen molar-refractivity contribution < 1.29 is 0 Å². The van der Waals surface area contributed by atoms with Crippen molar-refractivity contribution in [2.75, 3.05) is 0 Å². The molecule has 0 aromatic carbocycles. The molecule has 2 nitrogen and oxygen atoms in total. The maximum atomic E-state index is 5.43. The quantitative estimate of drug-likeness (QED) is 0.662. The molecule has 72 valence electrons. The summed E-state index contributed by atoms with van der Waals surface area (Å²) in [5.74, 6) is 0. The van der Waals surface area contributed by atoms with Crippen LogP contribution in [0.5, 0.6) is 0 Å². The third kappa shape index (κ3) is 2.72. The highest BCUT2D eigenvalue weighted by molar-refractivity contribution is 6.07. The van der Waals surface area contributed by atoms with E-state index in [4.69, 9.17) is 5.73 Å². The molecule has 0 aromatic rings. The Hall–Kier alpha value is -1.05. The van der Waals surface area contributed by atoms with Gasteiger partial charge in [0, 0.05) is 0 Å². The van der Waals surface area contributed by atoms with Crippen LogP contribution in [0.2, 0.25) is 0 Å². The molecule has 0 radical (unpaired) electrons. The molecule has 1 aliphatic carbocycles. The standard InChI is InChI=1S/C11H18N2/c1-3-11(9(2)8-12)13-10-6-4-5-7-10/h3,8,10H,1,4-7,12H2,2H3. The van der Waals surface area contributed by atoms with Crippen LogP contribution in [0, 0.1) is 0 Å². The topological polar surface area (TPSA) is 38.4 Å². The molecule has 0 atom stereocenters. The highest BCUT2D eigenvalue weighted by atomic mass is 14.8. The molecule has 0 spiro atoms. The Morgan fingerprint density at radius 3 is 2.54 bits per heavy atom. The third-order valence-corrected chi connectivity index (χ3v) is 2.49. The number of hydrogen-bond acceptors (Lipinski definition) is 2. The molecule has 1 rings (SSSR count). The second-order valence-corrected chi connectivity index (χ2v) is 3.51. The normalized spacial score (nSPS) is 20.7. The number of allylic oxidation sites excluding steroid dienone is 2. The van der Waals surface area contributed by atoms with Gasteiger partial charge in [-0.05, 0) is 37.6 Å². The zero-order chi connectivity index (χ0) is 9.68. The van der Waals surface area contributed by atoms with Crippen LogP contribution in [0.3, 0.4) is 0 Å². The monoisotopic (exact) mass is 178 g/mol. The van der Waals surface area contributed by atoms with Crippen molar-refractivity contribution in [2.24, 2.45) is 10.7 Å². The van der Waals surface area contributed by atoms with Gasteiger partial charge in [-0.1, -0.05) is 19.4 Å². The highest BCUT2D eigenvalue weighted by Gasteiger charge is 2.13. The molecule has 0 aromatic heterocycles. The Bertz CT molecular complexity index is 232. The van der Waals surface area contributed by atoms with E-state index >= 15 is 0 Å². The lowest BCUT2D eigenvalue weighted by atomic mass is 10.1. The third-order valence-electron chi connectivity index (χ3n) is 2.49. The van der Waals surface area contributed by atoms with E-state index in [1.165, 1.54) is 25.7 Å². The van der Waals surface area contributed by atoms with Crippen molar-refractivity contribution in [2.45, 2.75) is 38.6 Å². The van der Waals surface area contributed by atoms with Gasteiger partial charge < -0.3 is 5.73 Å². The van der Waals surface area contributed by atoms with Crippen LogP contribution in [0.1, 0.15) is 32.6 Å². The summed E-state index contributed by atoms with van der Waals surface area (Å²) in [6.07, 6.45) is 8.44. The van der Waals surface area contributed by atoms with Crippen molar-refractivity contribution in [3.8, 4) is 0 Å². The first-order valence-electron chi connectivity index (χ1n) is 4.87. The maximum Gasteiger partial charge on any atom is 0.0615 e. The largest absolute Gasteiger partial charge is 0.404 e. The first kappa shape index (κ1) is 10.0. The Labute approximate surface area is 80.2 Å². The summed E-state index contributed by atoms with van der Waals surface area (Å²) in [6.45, 7) is 5.71. The van der Waals surface area contributed by atoms with Crippen LogP contribution in [0.4, 0.5) is 0 Å². The van der Waals surface area contributed by atoms with Gasteiger partial charge in [0.05, 0.1) is 11.8 Å². The summed E-state index contributed by atoms with van der Waals surface area (Å²) in [6, 6.07) is 0.503. The van der Waals surface area contributed by atoms with E-state index in [-0.39, 0.29) is 0 Å². The van der Waals surface area contributed by atoms with Crippen LogP contribution < -0.4 is 5.73 Å². The van der Waals surface area contributed by atoms with E-state index in [0.717, 1.165) is 11.3 Å². The summed E-state index contributed by atoms with van der Waals surface area (Å²) in [5.41, 5.74) is 7.40. The van der Waals surface area contributed by atoms with Crippen molar-refractivity contribution >= 4 is 5.71 Å². The van der Waals surface area contributed by atoms with Crippen LogP contribution in [-0.2, 0) is 0 Å². The van der Waals surface area contributed by atoms with Crippen LogP contribution in [0.25, 0.3) is 0 Å². The average Bonchev–Trinajstić information content (AvgIpc) is 2.65. The minimum atomic E-state index is 0.503. The molecule has 0 saturated heterocycles. The van der Waals surface area contributed by atoms with Gasteiger partial charge in [-0.25, -0.2) is 0 Å². The Morgan fingerprint density at radius 1 is 1.46 bits per heavy atom. The molecule has 2 N–H and O–H groups in total. The fourth-order valence-electron chi connectivity index (χ4n) is 1.63. The Kier molecular flexibility index (Phi) is 3.74. The van der Waals surface area contributed by atoms with Gasteiger partial charge in [-0.15, -0.1) is 0 Å². The molecule has 0 unspecified atom stereocenters. The summed E-state index contributed by atoms with van der Waals surface area (Å²) in [5, 5.41) is 0. The molecule has 2 heteroatoms. The summed E-state index contributed by atoms with van der Waals surface area (Å²) in [4.78, 5) is 4.62. The second kappa shape index (κ2) is 4.85. The molecule has 13 heavy (non-hydrogen) atoms. The maximum absolute atomic E-state index is 5.43. The number of hydrogen-bond donors (Lipinski definition) is 1. The van der Waals surface area contributed by atoms with E-state index in [1.54, 1.807) is 12.3 Å². The van der Waals surface area contributed by atoms with Crippen molar-refractivity contribution in [1.82, 2.24) is 0 Å². The summed E-state index contributed by atoms with van der Waals surface area (Å²) >= 11 is 0. The molecule has 0 heterocycles. The van der Waals surface area contributed by atoms with Gasteiger partial charge >= 0.3 is 0 Å². The van der Waals surface area contributed by atoms with E-state index in [0.29, 0.717) is 6.04 Å². The molecule has 0 aliphatic heterocycles. The van der Waals surface area contributed by atoms with Crippen molar-refractivity contribution in [1.29, 1.82) is 0 Å². The Balaban J connectivity index is 2.69. The molecular weight excluding hydrogens is 160 g/mol. The molecule has 0 amide bonds. The number of rotatable bonds is 3. The Morgan fingerprint density at radius 2 is 2.08 bits per heavy atom. The zero-order valence-corrected chi connectivity index (χ0v) is 8.29. The minimum absolute atomic E-state index is 0.503. The molecule has 1 aliphatic rings. The first-order chi connectivity index (χ1) is 6.27. The van der Waals surface area contributed by atoms with Gasteiger partial charge in [-0.2, -0.15) is 0 Å². The fraction of sp³-hybridized carbons (Fsp3) is 0.545. The lowest BCUT2D eigenvalue weighted by Gasteiger charge is -2.06. The van der Waals surface area contributed by atoms with Crippen molar-refractivity contribution in [3.63, 3.8) is 0 Å². The lowest BCUT2D eigenvalue weighted by Crippen LogP contribution is -2.05. The van der Waals surface area contributed by atoms with Gasteiger partial charge in [0.1, 0.15) is 0 Å². The predicted octanol–water partition coefficient (Wildman–Crippen LogP) is 2.42. The second-order valence-electron chi connectivity index (χ2n) is 3.51. The molecule has 1 fully saturated rings. The van der Waals surface area contributed by atoms with E-state index in [2.05, 4.69) is 11.6 Å². The molecule has 0 bridgehead atoms. The molecule has 1 saturated carbocycles. The number of nitrogens with two attached hydrogens (primary N) is 1. The summed E-state index contributed by atoms with van der Waals surface area (Å²) in [7, 11) is 0. The van der Waals surface area contributed by atoms with E-state index < -0.39 is 0 Å². The zero-order valence-electron chi connectivity index (χ0n) is 8.29. The number of aliphatic imine (C=N–C) groups is 1. The van der Waals surface area contributed by atoms with E-state index in [9.17, 15) is 0 Å². The fourth-order valence-corrected chi connectivity index (χ4v) is 1.63. The minimum Gasteiger partial charge on any atom is -0.404 e. The average molecular weight is 178 g/mol. The van der Waals surface area contributed by atoms with Crippen molar-refractivity contribution in [3.05, 3.63) is 24.4 Å². The smallest absolute Gasteiger partial charge is 0.0615 e. The molecular formula is C11H18N2. The van der Waals surface area contributed by atoms with Gasteiger partial charge in [0.15, 0.2) is 0 Å². The van der Waals surface area contributed by atoms with Crippen LogP contribution in [0.15, 0.2) is 29.4 Å². The predicted molar refractivity (Wildman–Crippen MR) is 57.8 cm³/mol. The van der Waals surface area contributed by atoms with Gasteiger partial charge in [0.2, 0.25) is 0 Å². The van der Waals surface area contributed by atoms with Gasteiger partial charge in [-0.3, -0.25) is 4.99 Å².